The van der Waals surface area contributed by atoms with Gasteiger partial charge in [0.05, 0.1) is 28.4 Å². The van der Waals surface area contributed by atoms with E-state index in [-0.39, 0.29) is 6.10 Å². The molecule has 0 saturated carbocycles. The Morgan fingerprint density at radius 3 is 1.34 bits per heavy atom. The Morgan fingerprint density at radius 1 is 0.568 bits per heavy atom. The maximum absolute atomic E-state index is 12.8. The molecule has 0 bridgehead atoms. The van der Waals surface area contributed by atoms with E-state index in [1.54, 1.807) is 46.8 Å². The average molecular weight is 593 g/mol. The van der Waals surface area contributed by atoms with E-state index in [0.29, 0.717) is 40.2 Å². The Bertz CT molecular complexity index is 1740. The molecule has 0 aliphatic heterocycles. The fourth-order valence-electron chi connectivity index (χ4n) is 4.73. The van der Waals surface area contributed by atoms with Crippen LogP contribution in [0.25, 0.3) is 11.1 Å². The SMILES string of the molecule is CC(C)OC(=O)c1ccc(C(=O)Oc2ccc3c(c2)Cc2cc(OC(=O)c4ccc(C(=O)OC(C)(C)C)cc4)ccc2-3)cc1. The molecule has 0 heterocycles. The van der Waals surface area contributed by atoms with Crippen molar-refractivity contribution in [1.29, 1.82) is 0 Å². The fourth-order valence-corrected chi connectivity index (χ4v) is 4.73. The first-order valence-corrected chi connectivity index (χ1v) is 14.2. The lowest BCUT2D eigenvalue weighted by atomic mass is 10.1. The van der Waals surface area contributed by atoms with Gasteiger partial charge in [0.1, 0.15) is 17.1 Å². The molecule has 4 aromatic carbocycles. The molecule has 0 saturated heterocycles. The molecule has 0 radical (unpaired) electrons. The number of carbonyl (C=O) groups excluding carboxylic acids is 4. The fraction of sp³-hybridized carbons (Fsp3) is 0.222. The lowest BCUT2D eigenvalue weighted by molar-refractivity contribution is 0.00685. The van der Waals surface area contributed by atoms with Crippen molar-refractivity contribution in [3.63, 3.8) is 0 Å². The normalized spacial score (nSPS) is 11.8. The van der Waals surface area contributed by atoms with E-state index < -0.39 is 29.5 Å². The minimum Gasteiger partial charge on any atom is -0.459 e. The molecule has 1 aliphatic rings. The van der Waals surface area contributed by atoms with Gasteiger partial charge < -0.3 is 18.9 Å². The molecule has 0 unspecified atom stereocenters. The second kappa shape index (κ2) is 12.2. The summed E-state index contributed by atoms with van der Waals surface area (Å²) in [4.78, 5) is 49.9. The molecule has 0 N–H and O–H groups in total. The minimum atomic E-state index is -0.617. The molecular weight excluding hydrogens is 560 g/mol. The standard InChI is InChI=1S/C36H32O8/c1-21(2)41-32(37)22-6-8-23(9-7-22)33(38)42-28-14-16-30-26(19-28)18-27-20-29(15-17-31(27)30)43-34(39)24-10-12-25(13-11-24)35(40)44-36(3,4)5/h6-17,19-21H,18H2,1-5H3. The highest BCUT2D eigenvalue weighted by Crippen LogP contribution is 2.40. The topological polar surface area (TPSA) is 105 Å². The van der Waals surface area contributed by atoms with Crippen molar-refractivity contribution in [3.05, 3.63) is 118 Å². The summed E-state index contributed by atoms with van der Waals surface area (Å²) in [6.45, 7) is 8.90. The minimum absolute atomic E-state index is 0.240. The first-order valence-electron chi connectivity index (χ1n) is 14.2. The van der Waals surface area contributed by atoms with Crippen LogP contribution < -0.4 is 9.47 Å². The second-order valence-electron chi connectivity index (χ2n) is 11.7. The van der Waals surface area contributed by atoms with Crippen LogP contribution in [0.3, 0.4) is 0 Å². The van der Waals surface area contributed by atoms with Gasteiger partial charge in [-0.3, -0.25) is 0 Å². The number of carbonyl (C=O) groups is 4. The number of benzene rings is 4. The smallest absolute Gasteiger partial charge is 0.343 e. The van der Waals surface area contributed by atoms with Crippen molar-refractivity contribution in [2.75, 3.05) is 0 Å². The Morgan fingerprint density at radius 2 is 0.955 bits per heavy atom. The highest BCUT2D eigenvalue weighted by molar-refractivity contribution is 5.95. The molecule has 0 spiro atoms. The highest BCUT2D eigenvalue weighted by atomic mass is 16.6. The summed E-state index contributed by atoms with van der Waals surface area (Å²) in [5.74, 6) is -1.22. The van der Waals surface area contributed by atoms with Crippen LogP contribution in [0.4, 0.5) is 0 Å². The van der Waals surface area contributed by atoms with Crippen LogP contribution in [0, 0.1) is 0 Å². The molecule has 8 nitrogen and oxygen atoms in total. The lowest BCUT2D eigenvalue weighted by Crippen LogP contribution is -2.23. The summed E-state index contributed by atoms with van der Waals surface area (Å²) < 4.78 is 21.8. The van der Waals surface area contributed by atoms with Crippen LogP contribution in [0.15, 0.2) is 84.9 Å². The van der Waals surface area contributed by atoms with Gasteiger partial charge in [0.25, 0.3) is 0 Å². The van der Waals surface area contributed by atoms with E-state index in [2.05, 4.69) is 0 Å². The monoisotopic (exact) mass is 592 g/mol. The summed E-state index contributed by atoms with van der Waals surface area (Å²) >= 11 is 0. The number of rotatable bonds is 7. The van der Waals surface area contributed by atoms with Crippen molar-refractivity contribution in [1.82, 2.24) is 0 Å². The molecule has 8 heteroatoms. The average Bonchev–Trinajstić information content (AvgIpc) is 3.33. The van der Waals surface area contributed by atoms with Gasteiger partial charge in [-0.2, -0.15) is 0 Å². The van der Waals surface area contributed by atoms with Crippen LogP contribution in [0.1, 0.15) is 87.2 Å². The molecule has 4 aromatic rings. The molecule has 44 heavy (non-hydrogen) atoms. The van der Waals surface area contributed by atoms with Crippen LogP contribution in [-0.2, 0) is 15.9 Å². The zero-order chi connectivity index (χ0) is 31.6. The van der Waals surface area contributed by atoms with E-state index in [1.165, 1.54) is 48.5 Å². The highest BCUT2D eigenvalue weighted by Gasteiger charge is 2.22. The third-order valence-corrected chi connectivity index (χ3v) is 6.70. The molecule has 5 rings (SSSR count). The van der Waals surface area contributed by atoms with Crippen molar-refractivity contribution in [2.45, 2.75) is 52.7 Å². The van der Waals surface area contributed by atoms with E-state index >= 15 is 0 Å². The number of ether oxygens (including phenoxy) is 4. The van der Waals surface area contributed by atoms with Crippen LogP contribution in [-0.4, -0.2) is 35.6 Å². The van der Waals surface area contributed by atoms with Gasteiger partial charge in [0.2, 0.25) is 0 Å². The zero-order valence-electron chi connectivity index (χ0n) is 25.1. The molecular formula is C36H32O8. The molecule has 0 atom stereocenters. The maximum atomic E-state index is 12.8. The Hall–Kier alpha value is -5.24. The van der Waals surface area contributed by atoms with Gasteiger partial charge in [-0.1, -0.05) is 12.1 Å². The number of hydrogen-bond donors (Lipinski definition) is 0. The van der Waals surface area contributed by atoms with E-state index in [1.807, 2.05) is 24.3 Å². The first kappa shape index (κ1) is 30.2. The third-order valence-electron chi connectivity index (χ3n) is 6.70. The van der Waals surface area contributed by atoms with Gasteiger partial charge >= 0.3 is 23.9 Å². The van der Waals surface area contributed by atoms with Crippen molar-refractivity contribution in [2.24, 2.45) is 0 Å². The van der Waals surface area contributed by atoms with Gasteiger partial charge in [0, 0.05) is 0 Å². The quantitative estimate of drug-likeness (QED) is 0.144. The summed E-state index contributed by atoms with van der Waals surface area (Å²) in [7, 11) is 0. The predicted octanol–water partition coefficient (Wildman–Crippen LogP) is 7.22. The first-order chi connectivity index (χ1) is 20.9. The van der Waals surface area contributed by atoms with Crippen molar-refractivity contribution < 1.29 is 38.1 Å². The van der Waals surface area contributed by atoms with Gasteiger partial charge in [-0.05, 0) is 136 Å². The summed E-state index contributed by atoms with van der Waals surface area (Å²) in [5.41, 5.74) is 4.64. The number of fused-ring (bicyclic) bond motifs is 3. The third kappa shape index (κ3) is 7.03. The molecule has 1 aliphatic carbocycles. The summed E-state index contributed by atoms with van der Waals surface area (Å²) in [6, 6.07) is 23.1. The number of esters is 4. The van der Waals surface area contributed by atoms with Gasteiger partial charge in [0.15, 0.2) is 0 Å². The van der Waals surface area contributed by atoms with Crippen LogP contribution in [0.5, 0.6) is 11.5 Å². The van der Waals surface area contributed by atoms with Crippen LogP contribution in [0.2, 0.25) is 0 Å². The predicted molar refractivity (Wildman–Crippen MR) is 163 cm³/mol. The van der Waals surface area contributed by atoms with E-state index in [9.17, 15) is 19.2 Å². The van der Waals surface area contributed by atoms with Crippen molar-refractivity contribution in [3.8, 4) is 22.6 Å². The summed E-state index contributed by atoms with van der Waals surface area (Å²) in [5, 5.41) is 0. The molecule has 0 aromatic heterocycles. The van der Waals surface area contributed by atoms with E-state index in [4.69, 9.17) is 18.9 Å². The second-order valence-corrected chi connectivity index (χ2v) is 11.7. The van der Waals surface area contributed by atoms with E-state index in [0.717, 1.165) is 22.3 Å². The largest absolute Gasteiger partial charge is 0.459 e. The van der Waals surface area contributed by atoms with Crippen LogP contribution >= 0.6 is 0 Å². The van der Waals surface area contributed by atoms with Gasteiger partial charge in [-0.25, -0.2) is 19.2 Å². The Balaban J connectivity index is 1.22. The number of hydrogen-bond acceptors (Lipinski definition) is 8. The Kier molecular flexibility index (Phi) is 8.36. The molecule has 0 amide bonds. The molecule has 224 valence electrons. The maximum Gasteiger partial charge on any atom is 0.343 e. The van der Waals surface area contributed by atoms with Gasteiger partial charge in [-0.15, -0.1) is 0 Å². The zero-order valence-corrected chi connectivity index (χ0v) is 25.1. The Labute approximate surface area is 255 Å². The lowest BCUT2D eigenvalue weighted by Gasteiger charge is -2.19. The van der Waals surface area contributed by atoms with Crippen molar-refractivity contribution >= 4 is 23.9 Å². The molecule has 0 fully saturated rings. The summed E-state index contributed by atoms with van der Waals surface area (Å²) in [6.07, 6.45) is 0.329.